The van der Waals surface area contributed by atoms with Crippen molar-refractivity contribution < 1.29 is 18.3 Å². The fourth-order valence-electron chi connectivity index (χ4n) is 3.20. The predicted octanol–water partition coefficient (Wildman–Crippen LogP) is 7.66. The van der Waals surface area contributed by atoms with Crippen molar-refractivity contribution in [3.8, 4) is 0 Å². The Hall–Kier alpha value is 0.0138. The number of hydrogen-bond acceptors (Lipinski definition) is 4. The van der Waals surface area contributed by atoms with Crippen molar-refractivity contribution in [2.45, 2.75) is 148 Å². The highest BCUT2D eigenvalue weighted by atomic mass is 28.4. The topological polar surface area (TPSA) is 36.9 Å². The molecule has 0 amide bonds. The number of allylic oxidation sites excluding steroid dienone is 1. The molecule has 0 N–H and O–H groups in total. The molecule has 1 aliphatic heterocycles. The highest BCUT2D eigenvalue weighted by molar-refractivity contribution is 6.74. The fraction of sp³-hybridized carbons (Fsp3) is 0.920. The largest absolute Gasteiger partial charge is 0.411 e. The van der Waals surface area contributed by atoms with E-state index < -0.39 is 16.6 Å². The number of hydrogen-bond donors (Lipinski definition) is 0. The van der Waals surface area contributed by atoms with Crippen LogP contribution in [0.3, 0.4) is 0 Å². The standard InChI is InChI=1S/C25H52O4Si2/c1-15-16-17-25(9,10)27-22-21(29-31(13,14)24(6,7)8)18-20(19(2)26-22)28-30(11,12)23(3,4)5/h15,19-22H,1,16-18H2,2-14H3/t19-,20+,21+,22-/m0/s1. The van der Waals surface area contributed by atoms with E-state index in [-0.39, 0.29) is 40.3 Å². The van der Waals surface area contributed by atoms with E-state index >= 15 is 0 Å². The van der Waals surface area contributed by atoms with Crippen molar-refractivity contribution in [1.29, 1.82) is 0 Å². The van der Waals surface area contributed by atoms with Crippen LogP contribution in [0.5, 0.6) is 0 Å². The van der Waals surface area contributed by atoms with Gasteiger partial charge >= 0.3 is 0 Å². The van der Waals surface area contributed by atoms with Crippen molar-refractivity contribution in [2.24, 2.45) is 0 Å². The molecular formula is C25H52O4Si2. The minimum absolute atomic E-state index is 0.0202. The average Bonchev–Trinajstić information content (AvgIpc) is 2.54. The molecule has 184 valence electrons. The fourth-order valence-corrected chi connectivity index (χ4v) is 5.92. The lowest BCUT2D eigenvalue weighted by Crippen LogP contribution is -2.58. The van der Waals surface area contributed by atoms with E-state index in [2.05, 4.69) is 95.1 Å². The SMILES string of the molecule is C=CCCC(C)(C)O[C@@H]1O[C@@H](C)[C@H](O[Si](C)(C)C(C)(C)C)C[C@H]1O[Si](C)(C)C(C)(C)C. The van der Waals surface area contributed by atoms with E-state index in [0.29, 0.717) is 0 Å². The summed E-state index contributed by atoms with van der Waals surface area (Å²) < 4.78 is 26.7. The maximum absolute atomic E-state index is 6.89. The van der Waals surface area contributed by atoms with Gasteiger partial charge in [0.05, 0.1) is 23.9 Å². The van der Waals surface area contributed by atoms with Gasteiger partial charge in [0, 0.05) is 6.42 Å². The Kier molecular flexibility index (Phi) is 9.46. The highest BCUT2D eigenvalue weighted by Gasteiger charge is 2.48. The van der Waals surface area contributed by atoms with E-state index in [4.69, 9.17) is 18.3 Å². The minimum Gasteiger partial charge on any atom is -0.411 e. The summed E-state index contributed by atoms with van der Waals surface area (Å²) in [6, 6.07) is 0. The van der Waals surface area contributed by atoms with E-state index in [1.54, 1.807) is 0 Å². The molecule has 1 heterocycles. The quantitative estimate of drug-likeness (QED) is 0.255. The minimum atomic E-state index is -2.00. The molecule has 4 atom stereocenters. The number of rotatable bonds is 9. The van der Waals surface area contributed by atoms with E-state index in [9.17, 15) is 0 Å². The molecule has 0 spiro atoms. The Balaban J connectivity index is 3.14. The van der Waals surface area contributed by atoms with Gasteiger partial charge in [0.2, 0.25) is 0 Å². The van der Waals surface area contributed by atoms with Crippen LogP contribution in [0, 0.1) is 0 Å². The van der Waals surface area contributed by atoms with Crippen LogP contribution in [0.15, 0.2) is 12.7 Å². The molecule has 0 saturated carbocycles. The molecule has 0 radical (unpaired) electrons. The van der Waals surface area contributed by atoms with Crippen LogP contribution in [-0.4, -0.2) is 46.8 Å². The lowest BCUT2D eigenvalue weighted by Gasteiger charge is -2.49. The van der Waals surface area contributed by atoms with E-state index in [0.717, 1.165) is 19.3 Å². The summed E-state index contributed by atoms with van der Waals surface area (Å²) in [4.78, 5) is 0. The second-order valence-corrected chi connectivity index (χ2v) is 22.5. The maximum Gasteiger partial charge on any atom is 0.192 e. The van der Waals surface area contributed by atoms with Crippen molar-refractivity contribution in [3.05, 3.63) is 12.7 Å². The lowest BCUT2D eigenvalue weighted by atomic mass is 10.0. The summed E-state index contributed by atoms with van der Waals surface area (Å²) in [6.07, 6.45) is 4.05. The van der Waals surface area contributed by atoms with Crippen LogP contribution in [0.25, 0.3) is 0 Å². The first-order valence-corrected chi connectivity index (χ1v) is 17.8. The Morgan fingerprint density at radius 3 is 1.74 bits per heavy atom. The first-order valence-electron chi connectivity index (χ1n) is 12.0. The highest BCUT2D eigenvalue weighted by Crippen LogP contribution is 2.43. The van der Waals surface area contributed by atoms with Gasteiger partial charge in [-0.15, -0.1) is 6.58 Å². The maximum atomic E-state index is 6.89. The predicted molar refractivity (Wildman–Crippen MR) is 138 cm³/mol. The first-order chi connectivity index (χ1) is 13.7. The normalized spacial score (nSPS) is 26.7. The van der Waals surface area contributed by atoms with Crippen molar-refractivity contribution >= 4 is 16.6 Å². The zero-order valence-corrected chi connectivity index (χ0v) is 24.8. The Morgan fingerprint density at radius 2 is 1.32 bits per heavy atom. The van der Waals surface area contributed by atoms with Crippen LogP contribution in [-0.2, 0) is 18.3 Å². The Labute approximate surface area is 195 Å². The van der Waals surface area contributed by atoms with Gasteiger partial charge in [0.1, 0.15) is 0 Å². The van der Waals surface area contributed by atoms with Gasteiger partial charge in [-0.1, -0.05) is 47.6 Å². The van der Waals surface area contributed by atoms with Gasteiger partial charge < -0.3 is 18.3 Å². The molecule has 0 aliphatic carbocycles. The Morgan fingerprint density at radius 1 is 0.871 bits per heavy atom. The summed E-state index contributed by atoms with van der Waals surface area (Å²) in [5, 5.41) is 0.275. The molecule has 4 nitrogen and oxygen atoms in total. The molecular weight excluding hydrogens is 420 g/mol. The van der Waals surface area contributed by atoms with Gasteiger partial charge in [-0.3, -0.25) is 0 Å². The lowest BCUT2D eigenvalue weighted by molar-refractivity contribution is -0.286. The third-order valence-electron chi connectivity index (χ3n) is 7.53. The van der Waals surface area contributed by atoms with Gasteiger partial charge in [0.15, 0.2) is 22.9 Å². The molecule has 1 aliphatic rings. The Bertz CT molecular complexity index is 587. The van der Waals surface area contributed by atoms with Crippen LogP contribution in [0.4, 0.5) is 0 Å². The monoisotopic (exact) mass is 472 g/mol. The molecule has 0 aromatic carbocycles. The average molecular weight is 473 g/mol. The van der Waals surface area contributed by atoms with E-state index in [1.165, 1.54) is 0 Å². The van der Waals surface area contributed by atoms with Gasteiger partial charge in [-0.05, 0) is 69.9 Å². The molecule has 1 saturated heterocycles. The third kappa shape index (κ3) is 8.07. The molecule has 0 unspecified atom stereocenters. The second-order valence-electron chi connectivity index (χ2n) is 13.0. The van der Waals surface area contributed by atoms with Crippen molar-refractivity contribution in [2.75, 3.05) is 0 Å². The van der Waals surface area contributed by atoms with Crippen molar-refractivity contribution in [1.82, 2.24) is 0 Å². The smallest absolute Gasteiger partial charge is 0.192 e. The van der Waals surface area contributed by atoms with Gasteiger partial charge in [-0.2, -0.15) is 0 Å². The number of ether oxygens (including phenoxy) is 2. The molecule has 31 heavy (non-hydrogen) atoms. The third-order valence-corrected chi connectivity index (χ3v) is 16.5. The van der Waals surface area contributed by atoms with Crippen LogP contribution in [0.1, 0.15) is 81.6 Å². The van der Waals surface area contributed by atoms with Crippen LogP contribution < -0.4 is 0 Å². The molecule has 6 heteroatoms. The zero-order chi connectivity index (χ0) is 24.5. The van der Waals surface area contributed by atoms with Crippen molar-refractivity contribution in [3.63, 3.8) is 0 Å². The zero-order valence-electron chi connectivity index (χ0n) is 22.8. The van der Waals surface area contributed by atoms with Gasteiger partial charge in [0.25, 0.3) is 0 Å². The summed E-state index contributed by atoms with van der Waals surface area (Å²) in [5.41, 5.74) is -0.305. The summed E-state index contributed by atoms with van der Waals surface area (Å²) in [6.45, 7) is 33.1. The summed E-state index contributed by atoms with van der Waals surface area (Å²) >= 11 is 0. The molecule has 1 rings (SSSR count). The van der Waals surface area contributed by atoms with Gasteiger partial charge in [-0.25, -0.2) is 0 Å². The summed E-state index contributed by atoms with van der Waals surface area (Å²) in [7, 11) is -3.92. The first kappa shape index (κ1) is 29.0. The molecule has 1 fully saturated rings. The second kappa shape index (κ2) is 10.1. The summed E-state index contributed by atoms with van der Waals surface area (Å²) in [5.74, 6) is 0. The van der Waals surface area contributed by atoms with Crippen LogP contribution in [0.2, 0.25) is 36.3 Å². The van der Waals surface area contributed by atoms with Crippen LogP contribution >= 0.6 is 0 Å². The molecule has 0 bridgehead atoms. The molecule has 0 aromatic rings. The molecule has 0 aromatic heterocycles. The van der Waals surface area contributed by atoms with E-state index in [1.807, 2.05) is 6.08 Å².